The third kappa shape index (κ3) is 3.55. The number of hydrogen-bond acceptors (Lipinski definition) is 4. The number of nitrogens with two attached hydrogens (primary N) is 1. The molecule has 2 rings (SSSR count). The van der Waals surface area contributed by atoms with Crippen molar-refractivity contribution >= 4 is 27.9 Å². The fourth-order valence-electron chi connectivity index (χ4n) is 2.00. The molecule has 0 aliphatic heterocycles. The largest absolute Gasteiger partial charge is 0.397 e. The minimum absolute atomic E-state index is 0.0486. The fourth-order valence-corrected chi connectivity index (χ4v) is 3.06. The van der Waals surface area contributed by atoms with Gasteiger partial charge in [0, 0.05) is 27.7 Å². The highest BCUT2D eigenvalue weighted by Gasteiger charge is 2.17. The van der Waals surface area contributed by atoms with E-state index in [1.165, 1.54) is 22.5 Å². The van der Waals surface area contributed by atoms with E-state index in [1.54, 1.807) is 19.0 Å². The van der Waals surface area contributed by atoms with Crippen molar-refractivity contribution in [2.45, 2.75) is 13.5 Å². The molecule has 1 amide bonds. The summed E-state index contributed by atoms with van der Waals surface area (Å²) in [5.41, 5.74) is 9.00. The molecule has 1 aromatic heterocycles. The predicted molar refractivity (Wildman–Crippen MR) is 90.0 cm³/mol. The van der Waals surface area contributed by atoms with Crippen LogP contribution in [0.4, 0.5) is 10.7 Å². The number of thiophene rings is 1. The molecule has 0 fully saturated rings. The van der Waals surface area contributed by atoms with Crippen LogP contribution in [-0.2, 0) is 6.54 Å². The molecule has 0 aliphatic rings. The highest BCUT2D eigenvalue weighted by molar-refractivity contribution is 7.18. The van der Waals surface area contributed by atoms with E-state index in [2.05, 4.69) is 36.1 Å². The quantitative estimate of drug-likeness (QED) is 0.944. The maximum atomic E-state index is 12.0. The fraction of sp³-hybridized carbons (Fsp3) is 0.312. The van der Waals surface area contributed by atoms with E-state index >= 15 is 0 Å². The highest BCUT2D eigenvalue weighted by Crippen LogP contribution is 2.32. The zero-order valence-electron chi connectivity index (χ0n) is 12.9. The molecule has 0 radical (unpaired) electrons. The van der Waals surface area contributed by atoms with Crippen LogP contribution in [0.2, 0.25) is 0 Å². The number of anilines is 2. The molecule has 112 valence electrons. The van der Waals surface area contributed by atoms with Crippen molar-refractivity contribution in [3.05, 3.63) is 46.3 Å². The Hall–Kier alpha value is -2.01. The molecule has 0 spiro atoms. The summed E-state index contributed by atoms with van der Waals surface area (Å²) in [6.45, 7) is 2.86. The van der Waals surface area contributed by atoms with Gasteiger partial charge in [-0.1, -0.05) is 29.8 Å². The van der Waals surface area contributed by atoms with Gasteiger partial charge in [0.15, 0.2) is 0 Å². The Morgan fingerprint density at radius 2 is 1.81 bits per heavy atom. The molecule has 0 aliphatic carbocycles. The lowest BCUT2D eigenvalue weighted by molar-refractivity contribution is 0.0833. The first kappa shape index (κ1) is 15.4. The number of aryl methyl sites for hydroxylation is 1. The van der Waals surface area contributed by atoms with E-state index < -0.39 is 0 Å². The van der Waals surface area contributed by atoms with E-state index in [9.17, 15) is 4.79 Å². The van der Waals surface area contributed by atoms with Gasteiger partial charge in [-0.15, -0.1) is 11.3 Å². The number of carbonyl (C=O) groups is 1. The van der Waals surface area contributed by atoms with Crippen LogP contribution in [0.3, 0.4) is 0 Å². The number of amides is 1. The van der Waals surface area contributed by atoms with Crippen LogP contribution in [0.25, 0.3) is 0 Å². The minimum Gasteiger partial charge on any atom is -0.397 e. The Balaban J connectivity index is 2.16. The summed E-state index contributed by atoms with van der Waals surface area (Å²) < 4.78 is 0. The molecule has 0 saturated heterocycles. The molecule has 21 heavy (non-hydrogen) atoms. The van der Waals surface area contributed by atoms with Crippen LogP contribution in [-0.4, -0.2) is 32.0 Å². The second kappa shape index (κ2) is 6.18. The maximum absolute atomic E-state index is 12.0. The topological polar surface area (TPSA) is 49.6 Å². The van der Waals surface area contributed by atoms with Crippen molar-refractivity contribution in [3.8, 4) is 0 Å². The summed E-state index contributed by atoms with van der Waals surface area (Å²) in [6.07, 6.45) is 0. The second-order valence-electron chi connectivity index (χ2n) is 5.41. The Morgan fingerprint density at radius 3 is 2.38 bits per heavy atom. The van der Waals surface area contributed by atoms with Gasteiger partial charge in [-0.25, -0.2) is 0 Å². The monoisotopic (exact) mass is 303 g/mol. The van der Waals surface area contributed by atoms with Crippen LogP contribution < -0.4 is 10.6 Å². The number of nitrogens with zero attached hydrogens (tertiary/aromatic N) is 2. The van der Waals surface area contributed by atoms with E-state index in [0.717, 1.165) is 11.5 Å². The Kier molecular flexibility index (Phi) is 4.53. The number of carbonyl (C=O) groups excluding carboxylic acids is 1. The minimum atomic E-state index is -0.0486. The van der Waals surface area contributed by atoms with Gasteiger partial charge in [0.1, 0.15) is 4.88 Å². The number of benzene rings is 1. The van der Waals surface area contributed by atoms with Gasteiger partial charge in [0.05, 0.1) is 10.7 Å². The first-order chi connectivity index (χ1) is 9.88. The van der Waals surface area contributed by atoms with Crippen molar-refractivity contribution in [2.24, 2.45) is 0 Å². The maximum Gasteiger partial charge on any atom is 0.265 e. The van der Waals surface area contributed by atoms with E-state index in [0.29, 0.717) is 10.6 Å². The van der Waals surface area contributed by atoms with Crippen LogP contribution in [0.5, 0.6) is 0 Å². The lowest BCUT2D eigenvalue weighted by Gasteiger charge is -2.17. The number of nitrogen functional groups attached to an aromatic ring is 1. The molecule has 4 nitrogen and oxygen atoms in total. The van der Waals surface area contributed by atoms with Crippen molar-refractivity contribution in [3.63, 3.8) is 0 Å². The third-order valence-electron chi connectivity index (χ3n) is 3.26. The summed E-state index contributed by atoms with van der Waals surface area (Å²) in [5.74, 6) is -0.0486. The molecule has 1 aromatic carbocycles. The smallest absolute Gasteiger partial charge is 0.265 e. The summed E-state index contributed by atoms with van der Waals surface area (Å²) in [4.78, 5) is 16.3. The van der Waals surface area contributed by atoms with Gasteiger partial charge in [0.2, 0.25) is 0 Å². The molecule has 0 saturated carbocycles. The second-order valence-corrected chi connectivity index (χ2v) is 6.44. The Labute approximate surface area is 129 Å². The molecule has 1 heterocycles. The van der Waals surface area contributed by atoms with Gasteiger partial charge in [0.25, 0.3) is 5.91 Å². The van der Waals surface area contributed by atoms with Gasteiger partial charge in [-0.3, -0.25) is 4.79 Å². The number of rotatable bonds is 4. The highest BCUT2D eigenvalue weighted by atomic mass is 32.1. The predicted octanol–water partition coefficient (Wildman–Crippen LogP) is 2.98. The number of hydrogen-bond donors (Lipinski definition) is 1. The van der Waals surface area contributed by atoms with Crippen LogP contribution in [0.15, 0.2) is 30.3 Å². The van der Waals surface area contributed by atoms with Crippen molar-refractivity contribution < 1.29 is 4.79 Å². The van der Waals surface area contributed by atoms with Gasteiger partial charge >= 0.3 is 0 Å². The van der Waals surface area contributed by atoms with Crippen molar-refractivity contribution in [2.75, 3.05) is 31.8 Å². The van der Waals surface area contributed by atoms with E-state index in [4.69, 9.17) is 5.73 Å². The summed E-state index contributed by atoms with van der Waals surface area (Å²) in [6, 6.07) is 10.3. The molecule has 0 bridgehead atoms. The first-order valence-corrected chi connectivity index (χ1v) is 7.57. The van der Waals surface area contributed by atoms with Crippen LogP contribution in [0.1, 0.15) is 20.8 Å². The molecular formula is C16H21N3OS. The van der Waals surface area contributed by atoms with Crippen LogP contribution >= 0.6 is 11.3 Å². The summed E-state index contributed by atoms with van der Waals surface area (Å²) >= 11 is 1.44. The molecule has 2 N–H and O–H groups in total. The molecule has 0 atom stereocenters. The lowest BCUT2D eigenvalue weighted by Crippen LogP contribution is -2.21. The zero-order valence-corrected chi connectivity index (χ0v) is 13.7. The standard InChI is InChI=1S/C16H21N3OS/c1-11-5-7-12(8-6-11)10-19(4)14-9-13(17)15(21-14)16(20)18(2)3/h5-9H,10,17H2,1-4H3. The molecular weight excluding hydrogens is 282 g/mol. The van der Waals surface area contributed by atoms with E-state index in [-0.39, 0.29) is 5.91 Å². The first-order valence-electron chi connectivity index (χ1n) is 6.76. The SMILES string of the molecule is Cc1ccc(CN(C)c2cc(N)c(C(=O)N(C)C)s2)cc1. The average molecular weight is 303 g/mol. The molecule has 2 aromatic rings. The van der Waals surface area contributed by atoms with Gasteiger partial charge in [-0.2, -0.15) is 0 Å². The third-order valence-corrected chi connectivity index (χ3v) is 4.52. The Morgan fingerprint density at radius 1 is 1.19 bits per heavy atom. The zero-order chi connectivity index (χ0) is 15.6. The summed E-state index contributed by atoms with van der Waals surface area (Å²) in [5, 5.41) is 0.998. The molecule has 0 unspecified atom stereocenters. The summed E-state index contributed by atoms with van der Waals surface area (Å²) in [7, 11) is 5.48. The van der Waals surface area contributed by atoms with Gasteiger partial charge in [-0.05, 0) is 18.6 Å². The molecule has 5 heteroatoms. The Bertz CT molecular complexity index is 631. The normalized spacial score (nSPS) is 10.5. The van der Waals surface area contributed by atoms with Crippen molar-refractivity contribution in [1.29, 1.82) is 0 Å². The van der Waals surface area contributed by atoms with E-state index in [1.807, 2.05) is 13.1 Å². The van der Waals surface area contributed by atoms with Crippen molar-refractivity contribution in [1.82, 2.24) is 4.90 Å². The lowest BCUT2D eigenvalue weighted by atomic mass is 10.1. The average Bonchev–Trinajstić information content (AvgIpc) is 2.82. The van der Waals surface area contributed by atoms with Crippen LogP contribution in [0, 0.1) is 6.92 Å². The van der Waals surface area contributed by atoms with Gasteiger partial charge < -0.3 is 15.5 Å².